The molecule has 0 aliphatic carbocycles. The number of hydrogen-bond donors (Lipinski definition) is 2. The lowest BCUT2D eigenvalue weighted by molar-refractivity contribution is -0.115. The number of rotatable bonds is 5. The Kier molecular flexibility index (Phi) is 4.58. The fourth-order valence-electron chi connectivity index (χ4n) is 2.42. The van der Waals surface area contributed by atoms with E-state index in [0.717, 1.165) is 5.69 Å². The third-order valence-corrected chi connectivity index (χ3v) is 3.81. The van der Waals surface area contributed by atoms with Gasteiger partial charge in [-0.15, -0.1) is 15.3 Å². The van der Waals surface area contributed by atoms with E-state index in [1.54, 1.807) is 24.3 Å². The maximum atomic E-state index is 12.2. The lowest BCUT2D eigenvalue weighted by Gasteiger charge is -2.07. The molecule has 0 saturated heterocycles. The van der Waals surface area contributed by atoms with Gasteiger partial charge < -0.3 is 10.6 Å². The van der Waals surface area contributed by atoms with Crippen LogP contribution in [0.3, 0.4) is 0 Å². The number of nitrogens with zero attached hydrogens (tertiary/aromatic N) is 6. The van der Waals surface area contributed by atoms with Crippen molar-refractivity contribution in [1.82, 2.24) is 29.8 Å². The van der Waals surface area contributed by atoms with E-state index >= 15 is 0 Å². The van der Waals surface area contributed by atoms with E-state index in [2.05, 4.69) is 35.9 Å². The number of nitrogens with one attached hydrogen (secondary N) is 2. The number of fused-ring (bicyclic) bond motifs is 1. The summed E-state index contributed by atoms with van der Waals surface area (Å²) in [5.74, 6) is 1.05. The van der Waals surface area contributed by atoms with Crippen molar-refractivity contribution in [2.24, 2.45) is 0 Å². The van der Waals surface area contributed by atoms with Gasteiger partial charge in [0.15, 0.2) is 23.1 Å². The number of anilines is 3. The zero-order chi connectivity index (χ0) is 18.6. The molecule has 0 aliphatic rings. The van der Waals surface area contributed by atoms with Crippen molar-refractivity contribution in [1.29, 1.82) is 0 Å². The highest BCUT2D eigenvalue weighted by atomic mass is 35.5. The summed E-state index contributed by atoms with van der Waals surface area (Å²) in [5, 5.41) is 19.0. The minimum Gasteiger partial charge on any atom is -0.339 e. The predicted octanol–water partition coefficient (Wildman–Crippen LogP) is 2.49. The highest BCUT2D eigenvalue weighted by Gasteiger charge is 2.13. The molecule has 3 heterocycles. The first-order valence-corrected chi connectivity index (χ1v) is 8.35. The van der Waals surface area contributed by atoms with Gasteiger partial charge in [-0.3, -0.25) is 9.78 Å². The van der Waals surface area contributed by atoms with Crippen LogP contribution in [0.4, 0.5) is 17.3 Å². The zero-order valence-electron chi connectivity index (χ0n) is 13.9. The lowest BCUT2D eigenvalue weighted by atomic mass is 10.3. The van der Waals surface area contributed by atoms with Gasteiger partial charge in [0.25, 0.3) is 0 Å². The Labute approximate surface area is 158 Å². The molecule has 3 aromatic heterocycles. The van der Waals surface area contributed by atoms with E-state index in [4.69, 9.17) is 11.6 Å². The second kappa shape index (κ2) is 7.34. The summed E-state index contributed by atoms with van der Waals surface area (Å²) in [6, 6.07) is 10.8. The summed E-state index contributed by atoms with van der Waals surface area (Å²) in [5.41, 5.74) is 1.33. The molecule has 0 radical (unpaired) electrons. The third kappa shape index (κ3) is 3.98. The largest absolute Gasteiger partial charge is 0.339 e. The molecule has 134 valence electrons. The van der Waals surface area contributed by atoms with Gasteiger partial charge >= 0.3 is 0 Å². The minimum absolute atomic E-state index is 0.00857. The van der Waals surface area contributed by atoms with Gasteiger partial charge in [0.1, 0.15) is 0 Å². The molecule has 0 unspecified atom stereocenters. The Hall–Kier alpha value is -3.59. The lowest BCUT2D eigenvalue weighted by Crippen LogP contribution is -2.17. The number of halogens is 1. The number of carbonyl (C=O) groups excluding carboxylic acids is 1. The molecular formula is C17H13ClN8O. The van der Waals surface area contributed by atoms with Crippen LogP contribution in [0.1, 0.15) is 5.82 Å². The maximum Gasteiger partial charge on any atom is 0.233 e. The number of hydrogen-bond acceptors (Lipinski definition) is 7. The van der Waals surface area contributed by atoms with E-state index < -0.39 is 0 Å². The number of amides is 1. The normalized spacial score (nSPS) is 10.7. The monoisotopic (exact) mass is 380 g/mol. The maximum absolute atomic E-state index is 12.2. The molecule has 0 fully saturated rings. The summed E-state index contributed by atoms with van der Waals surface area (Å²) >= 11 is 6.00. The zero-order valence-corrected chi connectivity index (χ0v) is 14.6. The molecule has 0 spiro atoms. The van der Waals surface area contributed by atoms with Gasteiger partial charge in [-0.05, 0) is 30.3 Å². The molecule has 0 saturated carbocycles. The van der Waals surface area contributed by atoms with Crippen LogP contribution < -0.4 is 10.6 Å². The van der Waals surface area contributed by atoms with Crippen molar-refractivity contribution < 1.29 is 4.79 Å². The summed E-state index contributed by atoms with van der Waals surface area (Å²) < 4.78 is 1.52. The molecule has 2 N–H and O–H groups in total. The Balaban J connectivity index is 1.54. The quantitative estimate of drug-likeness (QED) is 0.547. The summed E-state index contributed by atoms with van der Waals surface area (Å²) in [4.78, 5) is 20.1. The van der Waals surface area contributed by atoms with Crippen LogP contribution in [0.15, 0.2) is 55.0 Å². The summed E-state index contributed by atoms with van der Waals surface area (Å²) in [6.45, 7) is 0. The Morgan fingerprint density at radius 3 is 2.85 bits per heavy atom. The summed E-state index contributed by atoms with van der Waals surface area (Å²) in [6.07, 6.45) is 4.48. The molecule has 0 atom stereocenters. The number of benzene rings is 1. The van der Waals surface area contributed by atoms with Crippen molar-refractivity contribution in [2.45, 2.75) is 6.42 Å². The van der Waals surface area contributed by atoms with Gasteiger partial charge in [0, 0.05) is 23.1 Å². The molecule has 4 rings (SSSR count). The highest BCUT2D eigenvalue weighted by molar-refractivity contribution is 6.30. The second-order valence-corrected chi connectivity index (χ2v) is 5.99. The van der Waals surface area contributed by atoms with E-state index in [1.165, 1.54) is 23.1 Å². The van der Waals surface area contributed by atoms with Gasteiger partial charge in [-0.1, -0.05) is 17.7 Å². The van der Waals surface area contributed by atoms with Crippen molar-refractivity contribution in [2.75, 3.05) is 10.6 Å². The third-order valence-electron chi connectivity index (χ3n) is 3.57. The first kappa shape index (κ1) is 16.9. The van der Waals surface area contributed by atoms with Crippen molar-refractivity contribution in [3.63, 3.8) is 0 Å². The summed E-state index contributed by atoms with van der Waals surface area (Å²) in [7, 11) is 0. The SMILES string of the molecule is O=C(Cc1nnc2ccc(Nc3cccc(Cl)c3)nn12)Nc1cnccn1. The first-order chi connectivity index (χ1) is 13.2. The topological polar surface area (TPSA) is 110 Å². The van der Waals surface area contributed by atoms with Crippen LogP contribution in [0.25, 0.3) is 5.65 Å². The molecule has 4 aromatic rings. The van der Waals surface area contributed by atoms with E-state index in [0.29, 0.717) is 28.1 Å². The van der Waals surface area contributed by atoms with Crippen LogP contribution in [0.5, 0.6) is 0 Å². The standard InChI is InChI=1S/C17H13ClN8O/c18-11-2-1-3-12(8-11)21-13-4-5-15-23-24-16(26(15)25-13)9-17(27)22-14-10-19-6-7-20-14/h1-8,10H,9H2,(H,21,25)(H,20,22,27). The van der Waals surface area contributed by atoms with E-state index in [-0.39, 0.29) is 12.3 Å². The predicted molar refractivity (Wildman–Crippen MR) is 99.9 cm³/mol. The molecule has 1 amide bonds. The molecule has 9 nitrogen and oxygen atoms in total. The van der Waals surface area contributed by atoms with Gasteiger partial charge in [-0.25, -0.2) is 4.98 Å². The van der Waals surface area contributed by atoms with Crippen molar-refractivity contribution >= 4 is 40.5 Å². The highest BCUT2D eigenvalue weighted by Crippen LogP contribution is 2.19. The van der Waals surface area contributed by atoms with Gasteiger partial charge in [-0.2, -0.15) is 4.52 Å². The van der Waals surface area contributed by atoms with Crippen molar-refractivity contribution in [3.05, 3.63) is 65.8 Å². The smallest absolute Gasteiger partial charge is 0.233 e. The van der Waals surface area contributed by atoms with E-state index in [1.807, 2.05) is 12.1 Å². The molecule has 1 aromatic carbocycles. The fourth-order valence-corrected chi connectivity index (χ4v) is 2.61. The van der Waals surface area contributed by atoms with Gasteiger partial charge in [0.2, 0.25) is 5.91 Å². The van der Waals surface area contributed by atoms with Crippen LogP contribution in [-0.4, -0.2) is 35.7 Å². The van der Waals surface area contributed by atoms with E-state index in [9.17, 15) is 4.79 Å². The van der Waals surface area contributed by atoms with Gasteiger partial charge in [0.05, 0.1) is 12.6 Å². The van der Waals surface area contributed by atoms with Crippen LogP contribution in [0.2, 0.25) is 5.02 Å². The van der Waals surface area contributed by atoms with Crippen molar-refractivity contribution in [3.8, 4) is 0 Å². The van der Waals surface area contributed by atoms with Crippen LogP contribution in [-0.2, 0) is 11.2 Å². The average Bonchev–Trinajstić information content (AvgIpc) is 3.05. The molecule has 27 heavy (non-hydrogen) atoms. The molecule has 0 aliphatic heterocycles. The van der Waals surface area contributed by atoms with Crippen LogP contribution >= 0.6 is 11.6 Å². The first-order valence-electron chi connectivity index (χ1n) is 7.97. The van der Waals surface area contributed by atoms with Crippen LogP contribution in [0, 0.1) is 0 Å². The fraction of sp³-hybridized carbons (Fsp3) is 0.0588. The Bertz CT molecular complexity index is 1100. The second-order valence-electron chi connectivity index (χ2n) is 5.56. The Morgan fingerprint density at radius 2 is 2.04 bits per heavy atom. The molecule has 10 heteroatoms. The molecule has 0 bridgehead atoms. The molecular weight excluding hydrogens is 368 g/mol. The number of aromatic nitrogens is 6. The number of carbonyl (C=O) groups is 1. The Morgan fingerprint density at radius 1 is 1.11 bits per heavy atom. The minimum atomic E-state index is -0.292. The average molecular weight is 381 g/mol.